The Bertz CT molecular complexity index is 678. The molecule has 0 radical (unpaired) electrons. The Labute approximate surface area is 121 Å². The van der Waals surface area contributed by atoms with E-state index in [1.54, 1.807) is 0 Å². The summed E-state index contributed by atoms with van der Waals surface area (Å²) < 4.78 is 45.9. The van der Waals surface area contributed by atoms with Crippen LogP contribution in [0.1, 0.15) is 22.7 Å². The average Bonchev–Trinajstić information content (AvgIpc) is 2.28. The van der Waals surface area contributed by atoms with E-state index >= 15 is 0 Å². The van der Waals surface area contributed by atoms with Gasteiger partial charge in [-0.15, -0.1) is 0 Å². The molecule has 1 atom stereocenters. The first-order chi connectivity index (χ1) is 9.00. The number of hydrogen-bond acceptors (Lipinski definition) is 5. The highest BCUT2D eigenvalue weighted by Crippen LogP contribution is 2.19. The first-order valence-corrected chi connectivity index (χ1v) is 10.1. The molecule has 0 amide bonds. The van der Waals surface area contributed by atoms with Crippen molar-refractivity contribution in [2.75, 3.05) is 23.5 Å². The summed E-state index contributed by atoms with van der Waals surface area (Å²) in [6.07, 6.45) is 1.02. The van der Waals surface area contributed by atoms with Gasteiger partial charge in [0, 0.05) is 12.3 Å². The molecule has 1 aromatic rings. The van der Waals surface area contributed by atoms with Gasteiger partial charge in [0.1, 0.15) is 9.84 Å². The lowest BCUT2D eigenvalue weighted by molar-refractivity contribution is 0.585. The van der Waals surface area contributed by atoms with Crippen molar-refractivity contribution in [3.63, 3.8) is 0 Å². The maximum Gasteiger partial charge on any atom is 0.153 e. The molecule has 1 unspecified atom stereocenters. The molecule has 0 aromatic heterocycles. The van der Waals surface area contributed by atoms with Crippen molar-refractivity contribution in [3.8, 4) is 0 Å². The third kappa shape index (κ3) is 5.60. The van der Waals surface area contributed by atoms with Gasteiger partial charge < -0.3 is 5.73 Å². The van der Waals surface area contributed by atoms with Gasteiger partial charge in [0.15, 0.2) is 9.84 Å². The standard InChI is InChI=1S/C13H21NO4S2/c1-10-4-5-11(2)12(8-10)13(14)9-20(17,18)7-6-19(3,15)16/h4-5,8,13H,6-7,9,14H2,1-3H3. The lowest BCUT2D eigenvalue weighted by Gasteiger charge is -2.15. The number of hydrogen-bond donors (Lipinski definition) is 1. The lowest BCUT2D eigenvalue weighted by Crippen LogP contribution is -2.26. The Morgan fingerprint density at radius 2 is 1.70 bits per heavy atom. The molecular weight excluding hydrogens is 298 g/mol. The Balaban J connectivity index is 2.84. The third-order valence-corrected chi connectivity index (χ3v) is 5.93. The van der Waals surface area contributed by atoms with E-state index in [-0.39, 0.29) is 17.3 Å². The van der Waals surface area contributed by atoms with E-state index in [0.29, 0.717) is 0 Å². The van der Waals surface area contributed by atoms with E-state index in [2.05, 4.69) is 0 Å². The molecule has 0 saturated carbocycles. The van der Waals surface area contributed by atoms with Crippen molar-refractivity contribution in [3.05, 3.63) is 34.9 Å². The van der Waals surface area contributed by atoms with Crippen LogP contribution in [-0.2, 0) is 19.7 Å². The van der Waals surface area contributed by atoms with E-state index in [9.17, 15) is 16.8 Å². The molecule has 1 aromatic carbocycles. The maximum atomic E-state index is 11.9. The molecular formula is C13H21NO4S2. The van der Waals surface area contributed by atoms with Gasteiger partial charge in [-0.25, -0.2) is 16.8 Å². The van der Waals surface area contributed by atoms with Crippen molar-refractivity contribution in [2.24, 2.45) is 5.73 Å². The fourth-order valence-corrected chi connectivity index (χ4v) is 5.00. The number of sulfone groups is 2. The van der Waals surface area contributed by atoms with Gasteiger partial charge in [-0.1, -0.05) is 23.8 Å². The highest BCUT2D eigenvalue weighted by atomic mass is 32.2. The van der Waals surface area contributed by atoms with E-state index in [1.165, 1.54) is 0 Å². The smallest absolute Gasteiger partial charge is 0.153 e. The van der Waals surface area contributed by atoms with Crippen LogP contribution in [-0.4, -0.2) is 40.3 Å². The van der Waals surface area contributed by atoms with Crippen LogP contribution in [0.25, 0.3) is 0 Å². The molecule has 114 valence electrons. The zero-order valence-electron chi connectivity index (χ0n) is 12.0. The topological polar surface area (TPSA) is 94.3 Å². The minimum atomic E-state index is -3.50. The summed E-state index contributed by atoms with van der Waals surface area (Å²) in [4.78, 5) is 0. The van der Waals surface area contributed by atoms with Crippen LogP contribution < -0.4 is 5.73 Å². The molecule has 0 fully saturated rings. The molecule has 1 rings (SSSR count). The SMILES string of the molecule is Cc1ccc(C)c(C(N)CS(=O)(=O)CCS(C)(=O)=O)c1. The van der Waals surface area contributed by atoms with Gasteiger partial charge in [0.2, 0.25) is 0 Å². The van der Waals surface area contributed by atoms with Crippen LogP contribution in [0, 0.1) is 13.8 Å². The van der Waals surface area contributed by atoms with Gasteiger partial charge >= 0.3 is 0 Å². The molecule has 7 heteroatoms. The Morgan fingerprint density at radius 3 is 2.25 bits per heavy atom. The minimum absolute atomic E-state index is 0.243. The number of rotatable bonds is 6. The molecule has 0 bridgehead atoms. The van der Waals surface area contributed by atoms with Crippen molar-refractivity contribution >= 4 is 19.7 Å². The highest BCUT2D eigenvalue weighted by Gasteiger charge is 2.20. The quantitative estimate of drug-likeness (QED) is 0.835. The molecule has 0 aliphatic carbocycles. The van der Waals surface area contributed by atoms with Crippen molar-refractivity contribution < 1.29 is 16.8 Å². The first kappa shape index (κ1) is 17.1. The van der Waals surface area contributed by atoms with Crippen LogP contribution in [0.5, 0.6) is 0 Å². The molecule has 0 saturated heterocycles. The van der Waals surface area contributed by atoms with Gasteiger partial charge in [0.05, 0.1) is 17.3 Å². The lowest BCUT2D eigenvalue weighted by atomic mass is 10.0. The van der Waals surface area contributed by atoms with Gasteiger partial charge in [-0.05, 0) is 25.0 Å². The molecule has 5 nitrogen and oxygen atoms in total. The summed E-state index contributed by atoms with van der Waals surface area (Å²) in [6.45, 7) is 3.78. The molecule has 20 heavy (non-hydrogen) atoms. The van der Waals surface area contributed by atoms with Crippen LogP contribution in [0.15, 0.2) is 18.2 Å². The van der Waals surface area contributed by atoms with Gasteiger partial charge in [-0.2, -0.15) is 0 Å². The largest absolute Gasteiger partial charge is 0.323 e. The van der Waals surface area contributed by atoms with Crippen molar-refractivity contribution in [1.29, 1.82) is 0 Å². The Kier molecular flexibility index (Phi) is 5.34. The van der Waals surface area contributed by atoms with Gasteiger partial charge in [-0.3, -0.25) is 0 Å². The molecule has 0 aliphatic heterocycles. The summed E-state index contributed by atoms with van der Waals surface area (Å²) in [5.74, 6) is -0.994. The monoisotopic (exact) mass is 319 g/mol. The molecule has 0 heterocycles. The van der Waals surface area contributed by atoms with Crippen molar-refractivity contribution in [2.45, 2.75) is 19.9 Å². The summed E-state index contributed by atoms with van der Waals surface area (Å²) >= 11 is 0. The van der Waals surface area contributed by atoms with Crippen molar-refractivity contribution in [1.82, 2.24) is 0 Å². The predicted molar refractivity (Wildman–Crippen MR) is 81.2 cm³/mol. The fraction of sp³-hybridized carbons (Fsp3) is 0.538. The van der Waals surface area contributed by atoms with Crippen LogP contribution >= 0.6 is 0 Å². The van der Waals surface area contributed by atoms with Crippen LogP contribution in [0.4, 0.5) is 0 Å². The van der Waals surface area contributed by atoms with E-state index in [1.807, 2.05) is 32.0 Å². The second-order valence-corrected chi connectivity index (χ2v) is 9.70. The Morgan fingerprint density at radius 1 is 1.10 bits per heavy atom. The van der Waals surface area contributed by atoms with E-state index in [0.717, 1.165) is 22.9 Å². The summed E-state index contributed by atoms with van der Waals surface area (Å²) in [5.41, 5.74) is 8.69. The number of nitrogens with two attached hydrogens (primary N) is 1. The summed E-state index contributed by atoms with van der Waals surface area (Å²) in [6, 6.07) is 5.06. The predicted octanol–water partition coefficient (Wildman–Crippen LogP) is 0.763. The zero-order valence-corrected chi connectivity index (χ0v) is 13.6. The maximum absolute atomic E-state index is 11.9. The fourth-order valence-electron chi connectivity index (χ4n) is 1.88. The molecule has 0 spiro atoms. The van der Waals surface area contributed by atoms with E-state index < -0.39 is 25.7 Å². The third-order valence-electron chi connectivity index (χ3n) is 3.03. The van der Waals surface area contributed by atoms with E-state index in [4.69, 9.17) is 5.73 Å². The highest BCUT2D eigenvalue weighted by molar-refractivity contribution is 7.94. The normalized spacial score (nSPS) is 14.2. The minimum Gasteiger partial charge on any atom is -0.323 e. The number of benzene rings is 1. The molecule has 0 aliphatic rings. The average molecular weight is 319 g/mol. The summed E-state index contributed by atoms with van der Waals surface area (Å²) in [7, 11) is -6.79. The van der Waals surface area contributed by atoms with Crippen LogP contribution in [0.3, 0.4) is 0 Å². The second-order valence-electron chi connectivity index (χ2n) is 5.21. The zero-order chi connectivity index (χ0) is 15.6. The summed E-state index contributed by atoms with van der Waals surface area (Å²) in [5, 5.41) is 0. The van der Waals surface area contributed by atoms with Crippen LogP contribution in [0.2, 0.25) is 0 Å². The molecule has 2 N–H and O–H groups in total. The second kappa shape index (κ2) is 6.24. The van der Waals surface area contributed by atoms with Gasteiger partial charge in [0.25, 0.3) is 0 Å². The Hall–Kier alpha value is -0.920. The first-order valence-electron chi connectivity index (χ1n) is 6.21. The number of aryl methyl sites for hydroxylation is 2.